The minimum absolute atomic E-state index is 0.250. The average Bonchev–Trinajstić information content (AvgIpc) is 3.24. The van der Waals surface area contributed by atoms with Crippen molar-refractivity contribution < 1.29 is 4.39 Å². The number of anilines is 3. The first-order chi connectivity index (χ1) is 14.4. The van der Waals surface area contributed by atoms with E-state index in [4.69, 9.17) is 0 Å². The molecule has 4 heterocycles. The molecule has 3 aromatic heterocycles. The van der Waals surface area contributed by atoms with E-state index in [1.165, 1.54) is 6.07 Å². The molecule has 1 fully saturated rings. The van der Waals surface area contributed by atoms with Crippen LogP contribution in [0, 0.1) is 5.82 Å². The van der Waals surface area contributed by atoms with Gasteiger partial charge in [0, 0.05) is 55.6 Å². The number of aromatic nitrogens is 5. The molecule has 1 aromatic carbocycles. The van der Waals surface area contributed by atoms with Gasteiger partial charge in [-0.25, -0.2) is 4.39 Å². The maximum Gasteiger partial charge on any atom is 0.262 e. The van der Waals surface area contributed by atoms with Crippen LogP contribution < -0.4 is 21.1 Å². The van der Waals surface area contributed by atoms with Crippen LogP contribution in [0.5, 0.6) is 0 Å². The molecule has 0 unspecified atom stereocenters. The lowest BCUT2D eigenvalue weighted by Gasteiger charge is -2.37. The molecule has 9 nitrogen and oxygen atoms in total. The second kappa shape index (κ2) is 6.84. The molecule has 4 N–H and O–H groups in total. The van der Waals surface area contributed by atoms with E-state index in [0.29, 0.717) is 45.4 Å². The molecule has 0 spiro atoms. The molecule has 0 bridgehead atoms. The highest BCUT2D eigenvalue weighted by Crippen LogP contribution is 2.27. The Balaban J connectivity index is 1.50. The van der Waals surface area contributed by atoms with Gasteiger partial charge >= 0.3 is 0 Å². The van der Waals surface area contributed by atoms with E-state index in [0.717, 1.165) is 18.9 Å². The number of hydrogen-bond donors (Lipinski definition) is 4. The van der Waals surface area contributed by atoms with Crippen LogP contribution in [-0.2, 0) is 7.05 Å². The molecule has 0 radical (unpaired) electrons. The standard InChI is InChI=1S/C20H23FN8O/c1-10-7-29(8-11(2)22-10)16-6-15-17(20(30)24-16)19(26-25-15)23-13-4-12-9-28(3)27-18(12)14(21)5-13/h4-6,9-11,22H,7-8H2,1-3H3,(H,24,30)(H2,23,25,26)/t10-,11-/m0/s1. The van der Waals surface area contributed by atoms with Crippen LogP contribution in [0.25, 0.3) is 21.8 Å². The topological polar surface area (TPSA) is 107 Å². The van der Waals surface area contributed by atoms with Crippen LogP contribution in [0.15, 0.2) is 29.2 Å². The lowest BCUT2D eigenvalue weighted by atomic mass is 10.1. The summed E-state index contributed by atoms with van der Waals surface area (Å²) in [5.74, 6) is 0.668. The molecular formula is C20H23FN8O. The van der Waals surface area contributed by atoms with E-state index >= 15 is 0 Å². The molecule has 0 amide bonds. The third-order valence-electron chi connectivity index (χ3n) is 5.38. The number of aryl methyl sites for hydroxylation is 1. The van der Waals surface area contributed by atoms with Gasteiger partial charge in [-0.15, -0.1) is 0 Å². The molecule has 1 saturated heterocycles. The second-order valence-corrected chi connectivity index (χ2v) is 8.04. The van der Waals surface area contributed by atoms with Crippen molar-refractivity contribution in [2.75, 3.05) is 23.3 Å². The van der Waals surface area contributed by atoms with Gasteiger partial charge in [0.2, 0.25) is 0 Å². The fourth-order valence-electron chi connectivity index (χ4n) is 4.25. The number of aromatic amines is 2. The van der Waals surface area contributed by atoms with Crippen LogP contribution in [0.1, 0.15) is 13.8 Å². The zero-order chi connectivity index (χ0) is 21.0. The number of rotatable bonds is 3. The number of benzene rings is 1. The second-order valence-electron chi connectivity index (χ2n) is 8.04. The van der Waals surface area contributed by atoms with Crippen molar-refractivity contribution in [1.29, 1.82) is 0 Å². The first kappa shape index (κ1) is 18.6. The van der Waals surface area contributed by atoms with Crippen molar-refractivity contribution in [2.24, 2.45) is 7.05 Å². The van der Waals surface area contributed by atoms with E-state index in [1.807, 2.05) is 6.07 Å². The fourth-order valence-corrected chi connectivity index (χ4v) is 4.25. The molecule has 4 aromatic rings. The van der Waals surface area contributed by atoms with Crippen molar-refractivity contribution >= 4 is 39.1 Å². The molecule has 5 rings (SSSR count). The number of hydrogen-bond acceptors (Lipinski definition) is 6. The van der Waals surface area contributed by atoms with E-state index in [1.54, 1.807) is 24.0 Å². The maximum atomic E-state index is 14.4. The van der Waals surface area contributed by atoms with Crippen molar-refractivity contribution in [3.8, 4) is 0 Å². The monoisotopic (exact) mass is 410 g/mol. The van der Waals surface area contributed by atoms with Gasteiger partial charge in [-0.05, 0) is 26.0 Å². The number of fused-ring (bicyclic) bond motifs is 2. The third-order valence-corrected chi connectivity index (χ3v) is 5.38. The van der Waals surface area contributed by atoms with Crippen molar-refractivity contribution in [3.05, 3.63) is 40.6 Å². The fraction of sp³-hybridized carbons (Fsp3) is 0.350. The number of halogens is 1. The summed E-state index contributed by atoms with van der Waals surface area (Å²) >= 11 is 0. The van der Waals surface area contributed by atoms with Gasteiger partial charge in [0.25, 0.3) is 5.56 Å². The van der Waals surface area contributed by atoms with Gasteiger partial charge in [-0.2, -0.15) is 10.2 Å². The van der Waals surface area contributed by atoms with Gasteiger partial charge in [0.05, 0.1) is 5.52 Å². The first-order valence-corrected chi connectivity index (χ1v) is 9.89. The Labute approximate surface area is 171 Å². The molecule has 10 heteroatoms. The number of H-pyrrole nitrogens is 2. The summed E-state index contributed by atoms with van der Waals surface area (Å²) in [5.41, 5.74) is 1.17. The van der Waals surface area contributed by atoms with Gasteiger partial charge < -0.3 is 20.5 Å². The predicted octanol–water partition coefficient (Wildman–Crippen LogP) is 2.21. The Hall–Kier alpha value is -3.40. The van der Waals surface area contributed by atoms with Crippen LogP contribution in [0.3, 0.4) is 0 Å². The van der Waals surface area contributed by atoms with E-state index in [9.17, 15) is 9.18 Å². The number of nitrogens with zero attached hydrogens (tertiary/aromatic N) is 4. The highest BCUT2D eigenvalue weighted by atomic mass is 19.1. The Morgan fingerprint density at radius 3 is 2.73 bits per heavy atom. The van der Waals surface area contributed by atoms with Crippen LogP contribution in [-0.4, -0.2) is 50.1 Å². The first-order valence-electron chi connectivity index (χ1n) is 9.89. The van der Waals surface area contributed by atoms with Crippen LogP contribution in [0.2, 0.25) is 0 Å². The Morgan fingerprint density at radius 2 is 1.97 bits per heavy atom. The molecule has 30 heavy (non-hydrogen) atoms. The van der Waals surface area contributed by atoms with E-state index in [2.05, 4.69) is 49.7 Å². The largest absolute Gasteiger partial charge is 0.355 e. The van der Waals surface area contributed by atoms with Gasteiger partial charge in [0.15, 0.2) is 11.6 Å². The van der Waals surface area contributed by atoms with Gasteiger partial charge in [0.1, 0.15) is 16.7 Å². The SMILES string of the molecule is C[C@H]1CN(c2cc3[nH]nc(Nc4cc(F)c5nn(C)cc5c4)c3c(=O)[nH]2)C[C@H](C)N1. The van der Waals surface area contributed by atoms with E-state index < -0.39 is 5.82 Å². The summed E-state index contributed by atoms with van der Waals surface area (Å²) < 4.78 is 15.9. The molecular weight excluding hydrogens is 387 g/mol. The molecule has 1 aliphatic rings. The van der Waals surface area contributed by atoms with Crippen molar-refractivity contribution in [2.45, 2.75) is 25.9 Å². The molecule has 0 saturated carbocycles. The summed E-state index contributed by atoms with van der Waals surface area (Å²) in [4.78, 5) is 18.0. The van der Waals surface area contributed by atoms with Crippen LogP contribution >= 0.6 is 0 Å². The smallest absolute Gasteiger partial charge is 0.262 e. The minimum atomic E-state index is -0.436. The summed E-state index contributed by atoms with van der Waals surface area (Å²) in [7, 11) is 1.74. The van der Waals surface area contributed by atoms with E-state index in [-0.39, 0.29) is 5.56 Å². The van der Waals surface area contributed by atoms with Crippen molar-refractivity contribution in [3.63, 3.8) is 0 Å². The maximum absolute atomic E-state index is 14.4. The Morgan fingerprint density at radius 1 is 1.20 bits per heavy atom. The minimum Gasteiger partial charge on any atom is -0.355 e. The molecule has 2 atom stereocenters. The normalized spacial score (nSPS) is 19.7. The zero-order valence-electron chi connectivity index (χ0n) is 17.0. The highest BCUT2D eigenvalue weighted by molar-refractivity contribution is 5.93. The number of pyridine rings is 1. The number of nitrogens with one attached hydrogen (secondary N) is 4. The third kappa shape index (κ3) is 3.18. The Kier molecular flexibility index (Phi) is 4.24. The summed E-state index contributed by atoms with van der Waals surface area (Å²) in [5, 5.41) is 18.9. The molecule has 156 valence electrons. The van der Waals surface area contributed by atoms with Crippen molar-refractivity contribution in [1.82, 2.24) is 30.3 Å². The lowest BCUT2D eigenvalue weighted by molar-refractivity contribution is 0.405. The highest BCUT2D eigenvalue weighted by Gasteiger charge is 2.23. The summed E-state index contributed by atoms with van der Waals surface area (Å²) in [6.07, 6.45) is 1.74. The summed E-state index contributed by atoms with van der Waals surface area (Å²) in [6, 6.07) is 5.67. The van der Waals surface area contributed by atoms with Crippen LogP contribution in [0.4, 0.5) is 21.7 Å². The lowest BCUT2D eigenvalue weighted by Crippen LogP contribution is -2.54. The average molecular weight is 410 g/mol. The summed E-state index contributed by atoms with van der Waals surface area (Å²) in [6.45, 7) is 5.84. The quantitative estimate of drug-likeness (QED) is 0.413. The molecule has 1 aliphatic heterocycles. The van der Waals surface area contributed by atoms with Gasteiger partial charge in [-0.1, -0.05) is 0 Å². The number of piperazine rings is 1. The molecule has 0 aliphatic carbocycles. The Bertz CT molecular complexity index is 1300. The predicted molar refractivity (Wildman–Crippen MR) is 115 cm³/mol. The van der Waals surface area contributed by atoms with Gasteiger partial charge in [-0.3, -0.25) is 14.6 Å². The zero-order valence-corrected chi connectivity index (χ0v) is 17.0.